The molecule has 8 nitrogen and oxygen atoms in total. The molecule has 3 heterocycles. The van der Waals surface area contributed by atoms with E-state index in [4.69, 9.17) is 19.2 Å². The quantitative estimate of drug-likeness (QED) is 0.469. The first-order valence-corrected chi connectivity index (χ1v) is 13.7. The molecule has 0 bridgehead atoms. The van der Waals surface area contributed by atoms with Gasteiger partial charge in [-0.15, -0.1) is 0 Å². The summed E-state index contributed by atoms with van der Waals surface area (Å²) in [7, 11) is 1.62. The van der Waals surface area contributed by atoms with E-state index in [1.807, 2.05) is 64.9 Å². The molecule has 3 aliphatic rings. The minimum atomic E-state index is -0.533. The zero-order valence-corrected chi connectivity index (χ0v) is 22.3. The van der Waals surface area contributed by atoms with Gasteiger partial charge in [0.05, 0.1) is 43.6 Å². The Bertz CT molecular complexity index is 1270. The molecule has 1 fully saturated rings. The van der Waals surface area contributed by atoms with Crippen molar-refractivity contribution >= 4 is 34.5 Å². The SMILES string of the molecule is CCOC(=O)C1=C(c2ccccc2)N=C2SC=C(CC(=O)NC[C@H]3CCCO3)N2[C@@H]1c1ccc(OC)cc1. The van der Waals surface area contributed by atoms with Gasteiger partial charge in [0.25, 0.3) is 0 Å². The van der Waals surface area contributed by atoms with Gasteiger partial charge in [0.2, 0.25) is 5.91 Å². The molecule has 0 spiro atoms. The second kappa shape index (κ2) is 11.9. The number of fused-ring (bicyclic) bond motifs is 1. The van der Waals surface area contributed by atoms with Crippen LogP contribution in [0.2, 0.25) is 0 Å². The van der Waals surface area contributed by atoms with Gasteiger partial charge in [0.15, 0.2) is 5.17 Å². The van der Waals surface area contributed by atoms with Crippen molar-refractivity contribution in [1.82, 2.24) is 10.2 Å². The highest BCUT2D eigenvalue weighted by molar-refractivity contribution is 8.16. The van der Waals surface area contributed by atoms with Crippen LogP contribution in [-0.2, 0) is 19.1 Å². The van der Waals surface area contributed by atoms with Crippen LogP contribution in [0.4, 0.5) is 0 Å². The number of benzene rings is 2. The third-order valence-electron chi connectivity index (χ3n) is 6.68. The van der Waals surface area contributed by atoms with Crippen molar-refractivity contribution in [3.63, 3.8) is 0 Å². The zero-order valence-electron chi connectivity index (χ0n) is 21.5. The second-order valence-electron chi connectivity index (χ2n) is 9.13. The Kier molecular flexibility index (Phi) is 8.14. The van der Waals surface area contributed by atoms with Gasteiger partial charge in [-0.2, -0.15) is 0 Å². The van der Waals surface area contributed by atoms with Gasteiger partial charge in [0.1, 0.15) is 5.75 Å². The maximum atomic E-state index is 13.5. The number of thioether (sulfide) groups is 1. The number of esters is 1. The van der Waals surface area contributed by atoms with Crippen molar-refractivity contribution in [3.05, 3.63) is 82.4 Å². The molecule has 1 N–H and O–H groups in total. The van der Waals surface area contributed by atoms with Crippen molar-refractivity contribution in [3.8, 4) is 5.75 Å². The van der Waals surface area contributed by atoms with Crippen LogP contribution in [0.5, 0.6) is 5.75 Å². The molecule has 0 saturated carbocycles. The number of rotatable bonds is 9. The number of nitrogens with one attached hydrogen (secondary N) is 1. The van der Waals surface area contributed by atoms with E-state index in [-0.39, 0.29) is 25.0 Å². The molecule has 0 aliphatic carbocycles. The summed E-state index contributed by atoms with van der Waals surface area (Å²) in [5.41, 5.74) is 3.46. The molecule has 2 aromatic rings. The lowest BCUT2D eigenvalue weighted by atomic mass is 9.91. The molecule has 38 heavy (non-hydrogen) atoms. The first-order valence-electron chi connectivity index (χ1n) is 12.8. The first-order chi connectivity index (χ1) is 18.6. The summed E-state index contributed by atoms with van der Waals surface area (Å²) < 4.78 is 16.6. The third-order valence-corrected chi connectivity index (χ3v) is 7.57. The lowest BCUT2D eigenvalue weighted by Crippen LogP contribution is -2.38. The van der Waals surface area contributed by atoms with E-state index < -0.39 is 12.0 Å². The van der Waals surface area contributed by atoms with E-state index >= 15 is 0 Å². The van der Waals surface area contributed by atoms with Crippen LogP contribution in [0.1, 0.15) is 43.4 Å². The maximum absolute atomic E-state index is 13.5. The van der Waals surface area contributed by atoms with Crippen LogP contribution in [0.15, 0.2) is 76.3 Å². The highest BCUT2D eigenvalue weighted by atomic mass is 32.2. The molecule has 9 heteroatoms. The van der Waals surface area contributed by atoms with Crippen LogP contribution in [0, 0.1) is 0 Å². The summed E-state index contributed by atoms with van der Waals surface area (Å²) in [5, 5.41) is 5.66. The highest BCUT2D eigenvalue weighted by Crippen LogP contribution is 2.47. The minimum Gasteiger partial charge on any atom is -0.497 e. The summed E-state index contributed by atoms with van der Waals surface area (Å²) >= 11 is 1.45. The van der Waals surface area contributed by atoms with Crippen LogP contribution in [0.25, 0.3) is 5.70 Å². The Morgan fingerprint density at radius 3 is 2.63 bits per heavy atom. The van der Waals surface area contributed by atoms with Crippen molar-refractivity contribution in [2.24, 2.45) is 4.99 Å². The molecule has 3 aliphatic heterocycles. The molecule has 5 rings (SSSR count). The summed E-state index contributed by atoms with van der Waals surface area (Å²) in [6.45, 7) is 3.26. The Morgan fingerprint density at radius 1 is 1.16 bits per heavy atom. The summed E-state index contributed by atoms with van der Waals surface area (Å²) in [4.78, 5) is 33.4. The predicted octanol–water partition coefficient (Wildman–Crippen LogP) is 4.66. The molecule has 2 atom stereocenters. The van der Waals surface area contributed by atoms with E-state index in [0.29, 0.717) is 28.7 Å². The number of nitrogens with zero attached hydrogens (tertiary/aromatic N) is 2. The number of amides is 1. The van der Waals surface area contributed by atoms with E-state index in [1.54, 1.807) is 14.0 Å². The normalized spacial score (nSPS) is 20.5. The molecule has 2 aromatic carbocycles. The molecule has 0 unspecified atom stereocenters. The van der Waals surface area contributed by atoms with Gasteiger partial charge < -0.3 is 24.4 Å². The van der Waals surface area contributed by atoms with Crippen molar-refractivity contribution in [2.75, 3.05) is 26.9 Å². The van der Waals surface area contributed by atoms with Crippen molar-refractivity contribution in [1.29, 1.82) is 0 Å². The summed E-state index contributed by atoms with van der Waals surface area (Å²) in [6.07, 6.45) is 2.20. The minimum absolute atomic E-state index is 0.0665. The largest absolute Gasteiger partial charge is 0.497 e. The van der Waals surface area contributed by atoms with Gasteiger partial charge >= 0.3 is 5.97 Å². The lowest BCUT2D eigenvalue weighted by Gasteiger charge is -2.36. The maximum Gasteiger partial charge on any atom is 0.338 e. The Hall–Kier alpha value is -3.56. The predicted molar refractivity (Wildman–Crippen MR) is 147 cm³/mol. The number of hydrogen-bond acceptors (Lipinski definition) is 8. The standard InChI is InChI=1S/C29H31N3O5S/c1-3-36-28(34)25-26(19-8-5-4-6-9-19)31-29-32(27(25)20-11-13-22(35-2)14-12-20)21(18-38-29)16-24(33)30-17-23-10-7-15-37-23/h4-6,8-9,11-14,18,23,27H,3,7,10,15-17H2,1-2H3,(H,30,33)/t23-,27-/m1/s1. The van der Waals surface area contributed by atoms with Crippen molar-refractivity contribution < 1.29 is 23.8 Å². The molecule has 1 amide bonds. The fraction of sp³-hybridized carbons (Fsp3) is 0.345. The number of carbonyl (C=O) groups is 2. The number of methoxy groups -OCH3 is 1. The monoisotopic (exact) mass is 533 g/mol. The van der Waals surface area contributed by atoms with E-state index in [0.717, 1.165) is 36.3 Å². The van der Waals surface area contributed by atoms with Gasteiger partial charge in [-0.1, -0.05) is 54.2 Å². The average molecular weight is 534 g/mol. The van der Waals surface area contributed by atoms with Gasteiger partial charge in [-0.3, -0.25) is 4.79 Å². The van der Waals surface area contributed by atoms with Crippen LogP contribution in [-0.4, -0.2) is 54.9 Å². The van der Waals surface area contributed by atoms with Gasteiger partial charge in [-0.25, -0.2) is 9.79 Å². The smallest absolute Gasteiger partial charge is 0.338 e. The number of aliphatic imine (C=N–C) groups is 1. The first kappa shape index (κ1) is 26.1. The molecule has 198 valence electrons. The topological polar surface area (TPSA) is 89.5 Å². The summed E-state index contributed by atoms with van der Waals surface area (Å²) in [6, 6.07) is 16.7. The summed E-state index contributed by atoms with van der Waals surface area (Å²) in [5.74, 6) is 0.176. The van der Waals surface area contributed by atoms with Crippen LogP contribution >= 0.6 is 11.8 Å². The molecular formula is C29H31N3O5S. The Labute approximate surface area is 226 Å². The molecular weight excluding hydrogens is 502 g/mol. The molecule has 1 saturated heterocycles. The lowest BCUT2D eigenvalue weighted by molar-refractivity contribution is -0.139. The molecule has 0 radical (unpaired) electrons. The molecule has 0 aromatic heterocycles. The Morgan fingerprint density at radius 2 is 1.95 bits per heavy atom. The van der Waals surface area contributed by atoms with Crippen molar-refractivity contribution in [2.45, 2.75) is 38.3 Å². The zero-order chi connectivity index (χ0) is 26.5. The number of carbonyl (C=O) groups excluding carboxylic acids is 2. The van der Waals surface area contributed by atoms with Crippen LogP contribution in [0.3, 0.4) is 0 Å². The van der Waals surface area contributed by atoms with Crippen LogP contribution < -0.4 is 10.1 Å². The fourth-order valence-electron chi connectivity index (χ4n) is 4.85. The third kappa shape index (κ3) is 5.49. The van der Waals surface area contributed by atoms with E-state index in [9.17, 15) is 9.59 Å². The highest BCUT2D eigenvalue weighted by Gasteiger charge is 2.42. The average Bonchev–Trinajstić information content (AvgIpc) is 3.62. The number of amidine groups is 1. The van der Waals surface area contributed by atoms with Gasteiger partial charge in [-0.05, 0) is 42.9 Å². The number of ether oxygens (including phenoxy) is 3. The fourth-order valence-corrected chi connectivity index (χ4v) is 5.77. The number of hydrogen-bond donors (Lipinski definition) is 1. The van der Waals surface area contributed by atoms with E-state index in [1.165, 1.54) is 11.8 Å². The van der Waals surface area contributed by atoms with Gasteiger partial charge in [0, 0.05) is 24.4 Å². The van der Waals surface area contributed by atoms with E-state index in [2.05, 4.69) is 5.32 Å². The second-order valence-corrected chi connectivity index (χ2v) is 9.97. The Balaban J connectivity index is 1.53.